The maximum atomic E-state index is 13.5. The van der Waals surface area contributed by atoms with Gasteiger partial charge < -0.3 is 4.90 Å². The summed E-state index contributed by atoms with van der Waals surface area (Å²) >= 11 is 0. The van der Waals surface area contributed by atoms with Gasteiger partial charge in [-0.2, -0.15) is 5.10 Å². The molecule has 146 valence electrons. The van der Waals surface area contributed by atoms with Crippen LogP contribution in [0.25, 0.3) is 16.9 Å². The summed E-state index contributed by atoms with van der Waals surface area (Å²) < 4.78 is 1.75. The number of amides is 1. The largest absolute Gasteiger partial charge is 0.331 e. The van der Waals surface area contributed by atoms with E-state index < -0.39 is 0 Å². The molecule has 0 fully saturated rings. The Morgan fingerprint density at radius 3 is 2.41 bits per heavy atom. The van der Waals surface area contributed by atoms with Crippen molar-refractivity contribution in [3.8, 4) is 11.3 Å². The summed E-state index contributed by atoms with van der Waals surface area (Å²) in [5.41, 5.74) is 4.16. The van der Waals surface area contributed by atoms with E-state index in [0.717, 1.165) is 23.2 Å². The molecule has 0 aliphatic rings. The van der Waals surface area contributed by atoms with E-state index in [1.54, 1.807) is 16.9 Å². The van der Waals surface area contributed by atoms with E-state index in [9.17, 15) is 4.79 Å². The smallest absolute Gasteiger partial charge is 0.259 e. The Bertz CT molecular complexity index is 1110. The third kappa shape index (κ3) is 3.76. The van der Waals surface area contributed by atoms with E-state index in [0.29, 0.717) is 17.8 Å². The van der Waals surface area contributed by atoms with Gasteiger partial charge in [-0.25, -0.2) is 9.50 Å². The van der Waals surface area contributed by atoms with Crippen LogP contribution in [0.3, 0.4) is 0 Å². The summed E-state index contributed by atoms with van der Waals surface area (Å²) in [5.74, 6) is -0.0454. The minimum atomic E-state index is -0.0454. The quantitative estimate of drug-likeness (QED) is 0.478. The lowest BCUT2D eigenvalue weighted by molar-refractivity contribution is 0.0673. The molecule has 2 aromatic heterocycles. The van der Waals surface area contributed by atoms with Crippen molar-refractivity contribution >= 4 is 11.6 Å². The topological polar surface area (TPSA) is 50.5 Å². The molecule has 1 unspecified atom stereocenters. The molecule has 0 spiro atoms. The minimum Gasteiger partial charge on any atom is -0.331 e. The SMILES string of the molecule is CCC(C)N(Cc1ccccc1)C(=O)c1cnn2c(-c3ccccc3)ccnc12. The van der Waals surface area contributed by atoms with Gasteiger partial charge in [-0.05, 0) is 25.0 Å². The first-order valence-electron chi connectivity index (χ1n) is 9.92. The second kappa shape index (κ2) is 8.27. The molecule has 2 aromatic carbocycles. The van der Waals surface area contributed by atoms with Crippen LogP contribution >= 0.6 is 0 Å². The number of hydrogen-bond acceptors (Lipinski definition) is 3. The van der Waals surface area contributed by atoms with Gasteiger partial charge in [-0.1, -0.05) is 67.6 Å². The molecule has 0 aliphatic heterocycles. The van der Waals surface area contributed by atoms with Crippen molar-refractivity contribution in [1.82, 2.24) is 19.5 Å². The number of fused-ring (bicyclic) bond motifs is 1. The molecule has 0 N–H and O–H groups in total. The van der Waals surface area contributed by atoms with Crippen LogP contribution in [0.1, 0.15) is 36.2 Å². The average Bonchev–Trinajstić information content (AvgIpc) is 3.22. The van der Waals surface area contributed by atoms with E-state index in [1.807, 2.05) is 71.6 Å². The molecule has 4 aromatic rings. The average molecular weight is 384 g/mol. The predicted octanol–water partition coefficient (Wildman–Crippen LogP) is 4.84. The maximum absolute atomic E-state index is 13.5. The molecule has 2 heterocycles. The molecule has 0 saturated carbocycles. The van der Waals surface area contributed by atoms with Gasteiger partial charge in [0.15, 0.2) is 5.65 Å². The zero-order valence-electron chi connectivity index (χ0n) is 16.7. The Balaban J connectivity index is 1.73. The van der Waals surface area contributed by atoms with Crippen LogP contribution in [0.5, 0.6) is 0 Å². The summed E-state index contributed by atoms with van der Waals surface area (Å²) in [6.07, 6.45) is 4.25. The molecule has 5 heteroatoms. The lowest BCUT2D eigenvalue weighted by atomic mass is 10.1. The van der Waals surface area contributed by atoms with Crippen LogP contribution in [-0.2, 0) is 6.54 Å². The Morgan fingerprint density at radius 2 is 1.72 bits per heavy atom. The second-order valence-corrected chi connectivity index (χ2v) is 7.17. The first-order valence-corrected chi connectivity index (χ1v) is 9.92. The third-order valence-corrected chi connectivity index (χ3v) is 5.28. The fourth-order valence-electron chi connectivity index (χ4n) is 3.45. The number of carbonyl (C=O) groups excluding carboxylic acids is 1. The van der Waals surface area contributed by atoms with Gasteiger partial charge in [-0.15, -0.1) is 0 Å². The molecule has 5 nitrogen and oxygen atoms in total. The van der Waals surface area contributed by atoms with E-state index in [2.05, 4.69) is 23.9 Å². The number of nitrogens with zero attached hydrogens (tertiary/aromatic N) is 4. The first-order chi connectivity index (χ1) is 14.2. The fourth-order valence-corrected chi connectivity index (χ4v) is 3.45. The van der Waals surface area contributed by atoms with Crippen molar-refractivity contribution in [2.75, 3.05) is 0 Å². The predicted molar refractivity (Wildman–Crippen MR) is 114 cm³/mol. The van der Waals surface area contributed by atoms with Gasteiger partial charge >= 0.3 is 0 Å². The van der Waals surface area contributed by atoms with Crippen molar-refractivity contribution in [2.24, 2.45) is 0 Å². The van der Waals surface area contributed by atoms with Crippen LogP contribution in [0, 0.1) is 0 Å². The van der Waals surface area contributed by atoms with Gasteiger partial charge in [0.1, 0.15) is 5.56 Å². The fraction of sp³-hybridized carbons (Fsp3) is 0.208. The maximum Gasteiger partial charge on any atom is 0.259 e. The van der Waals surface area contributed by atoms with Gasteiger partial charge in [0.05, 0.1) is 11.9 Å². The Morgan fingerprint density at radius 1 is 1.03 bits per heavy atom. The molecule has 29 heavy (non-hydrogen) atoms. The highest BCUT2D eigenvalue weighted by Crippen LogP contribution is 2.23. The molecule has 0 radical (unpaired) electrons. The van der Waals surface area contributed by atoms with Crippen LogP contribution in [-0.4, -0.2) is 31.4 Å². The van der Waals surface area contributed by atoms with Crippen LogP contribution in [0.2, 0.25) is 0 Å². The van der Waals surface area contributed by atoms with Gasteiger partial charge in [0, 0.05) is 24.3 Å². The van der Waals surface area contributed by atoms with Gasteiger partial charge in [0.25, 0.3) is 5.91 Å². The van der Waals surface area contributed by atoms with Crippen LogP contribution in [0.15, 0.2) is 79.1 Å². The Hall–Kier alpha value is -3.47. The molecule has 0 bridgehead atoms. The zero-order valence-corrected chi connectivity index (χ0v) is 16.7. The summed E-state index contributed by atoms with van der Waals surface area (Å²) in [5, 5.41) is 4.50. The highest BCUT2D eigenvalue weighted by atomic mass is 16.2. The summed E-state index contributed by atoms with van der Waals surface area (Å²) in [4.78, 5) is 19.9. The molecular weight excluding hydrogens is 360 g/mol. The van der Waals surface area contributed by atoms with Crippen molar-refractivity contribution in [1.29, 1.82) is 0 Å². The number of carbonyl (C=O) groups is 1. The van der Waals surface area contributed by atoms with Gasteiger partial charge in [0.2, 0.25) is 0 Å². The number of benzene rings is 2. The molecule has 1 amide bonds. The van der Waals surface area contributed by atoms with Crippen molar-refractivity contribution in [2.45, 2.75) is 32.9 Å². The van der Waals surface area contributed by atoms with E-state index >= 15 is 0 Å². The summed E-state index contributed by atoms with van der Waals surface area (Å²) in [6, 6.07) is 22.1. The highest BCUT2D eigenvalue weighted by molar-refractivity contribution is 6.00. The monoisotopic (exact) mass is 384 g/mol. The Labute approximate surface area is 170 Å². The van der Waals surface area contributed by atoms with E-state index in [1.165, 1.54) is 0 Å². The third-order valence-electron chi connectivity index (χ3n) is 5.28. The summed E-state index contributed by atoms with van der Waals surface area (Å²) in [6.45, 7) is 4.73. The molecular formula is C24H24N4O. The zero-order chi connectivity index (χ0) is 20.2. The minimum absolute atomic E-state index is 0.0454. The van der Waals surface area contributed by atoms with E-state index in [4.69, 9.17) is 0 Å². The standard InChI is InChI=1S/C24H24N4O/c1-3-18(2)27(17-19-10-6-4-7-11-19)24(29)21-16-26-28-22(14-15-25-23(21)28)20-12-8-5-9-13-20/h4-16,18H,3,17H2,1-2H3. The van der Waals surface area contributed by atoms with Gasteiger partial charge in [-0.3, -0.25) is 4.79 Å². The van der Waals surface area contributed by atoms with Crippen molar-refractivity contribution < 1.29 is 4.79 Å². The second-order valence-electron chi connectivity index (χ2n) is 7.17. The Kier molecular flexibility index (Phi) is 5.38. The van der Waals surface area contributed by atoms with Crippen LogP contribution < -0.4 is 0 Å². The first kappa shape index (κ1) is 18.9. The summed E-state index contributed by atoms with van der Waals surface area (Å²) in [7, 11) is 0. The molecule has 0 aliphatic carbocycles. The molecule has 1 atom stereocenters. The lowest BCUT2D eigenvalue weighted by Crippen LogP contribution is -2.37. The van der Waals surface area contributed by atoms with Crippen molar-refractivity contribution in [3.63, 3.8) is 0 Å². The van der Waals surface area contributed by atoms with Crippen molar-refractivity contribution in [3.05, 3.63) is 90.3 Å². The molecule has 4 rings (SSSR count). The highest BCUT2D eigenvalue weighted by Gasteiger charge is 2.25. The van der Waals surface area contributed by atoms with Crippen LogP contribution in [0.4, 0.5) is 0 Å². The number of hydrogen-bond donors (Lipinski definition) is 0. The molecule has 0 saturated heterocycles. The number of rotatable bonds is 6. The normalized spacial score (nSPS) is 12.1. The van der Waals surface area contributed by atoms with E-state index in [-0.39, 0.29) is 11.9 Å². The lowest BCUT2D eigenvalue weighted by Gasteiger charge is -2.28. The number of aromatic nitrogens is 3.